The molecule has 0 aliphatic carbocycles. The number of ether oxygens (including phenoxy) is 2. The van der Waals surface area contributed by atoms with Crippen LogP contribution in [0.15, 0.2) is 18.2 Å². The standard InChI is InChI=1S/C18H18Cl2F3N3O2/c1-3-12(9-27-18(21,22)23)28-17-13-6-7-26(16(13)24-10(2)25-17)15-5-4-11(19)8-14(15)20/h4-5,8,12H,3,6-7,9H2,1-2H3. The van der Waals surface area contributed by atoms with Crippen molar-refractivity contribution >= 4 is 34.7 Å². The Balaban J connectivity index is 1.88. The monoisotopic (exact) mass is 435 g/mol. The summed E-state index contributed by atoms with van der Waals surface area (Å²) in [7, 11) is 0. The summed E-state index contributed by atoms with van der Waals surface area (Å²) in [4.78, 5) is 10.7. The van der Waals surface area contributed by atoms with Gasteiger partial charge in [0.25, 0.3) is 0 Å². The molecule has 28 heavy (non-hydrogen) atoms. The first-order chi connectivity index (χ1) is 13.2. The Labute approximate surface area is 170 Å². The van der Waals surface area contributed by atoms with Crippen LogP contribution in [0.4, 0.5) is 24.7 Å². The van der Waals surface area contributed by atoms with Gasteiger partial charge in [0.15, 0.2) is 0 Å². The minimum atomic E-state index is -4.71. The Hall–Kier alpha value is -1.77. The summed E-state index contributed by atoms with van der Waals surface area (Å²) in [5, 5.41) is 0.996. The van der Waals surface area contributed by atoms with Gasteiger partial charge in [0.2, 0.25) is 5.88 Å². The zero-order valence-electron chi connectivity index (χ0n) is 15.2. The van der Waals surface area contributed by atoms with E-state index in [2.05, 4.69) is 14.7 Å². The van der Waals surface area contributed by atoms with Gasteiger partial charge in [-0.15, -0.1) is 13.2 Å². The fourth-order valence-electron chi connectivity index (χ4n) is 2.94. The van der Waals surface area contributed by atoms with Gasteiger partial charge in [0, 0.05) is 11.6 Å². The lowest BCUT2D eigenvalue weighted by atomic mass is 10.2. The molecule has 0 saturated carbocycles. The van der Waals surface area contributed by atoms with Crippen molar-refractivity contribution in [2.24, 2.45) is 0 Å². The first kappa shape index (κ1) is 21.0. The second kappa shape index (κ2) is 8.31. The van der Waals surface area contributed by atoms with Crippen molar-refractivity contribution in [1.82, 2.24) is 9.97 Å². The molecule has 10 heteroatoms. The predicted octanol–water partition coefficient (Wildman–Crippen LogP) is 5.48. The lowest BCUT2D eigenvalue weighted by Gasteiger charge is -2.22. The Bertz CT molecular complexity index is 865. The Kier molecular flexibility index (Phi) is 6.21. The normalized spacial score (nSPS) is 14.9. The highest BCUT2D eigenvalue weighted by Crippen LogP contribution is 2.41. The second-order valence-electron chi connectivity index (χ2n) is 6.28. The van der Waals surface area contributed by atoms with Gasteiger partial charge < -0.3 is 9.64 Å². The zero-order chi connectivity index (χ0) is 20.5. The third-order valence-corrected chi connectivity index (χ3v) is 4.81. The van der Waals surface area contributed by atoms with Crippen LogP contribution in [-0.2, 0) is 11.2 Å². The van der Waals surface area contributed by atoms with E-state index in [4.69, 9.17) is 27.9 Å². The van der Waals surface area contributed by atoms with Crippen molar-refractivity contribution < 1.29 is 22.6 Å². The lowest BCUT2D eigenvalue weighted by Crippen LogP contribution is -2.28. The highest BCUT2D eigenvalue weighted by atomic mass is 35.5. The summed E-state index contributed by atoms with van der Waals surface area (Å²) in [5.41, 5.74) is 1.46. The minimum absolute atomic E-state index is 0.271. The summed E-state index contributed by atoms with van der Waals surface area (Å²) in [6.45, 7) is 3.39. The van der Waals surface area contributed by atoms with Crippen molar-refractivity contribution in [3.63, 3.8) is 0 Å². The van der Waals surface area contributed by atoms with E-state index in [0.717, 1.165) is 11.3 Å². The van der Waals surface area contributed by atoms with Gasteiger partial charge in [0.1, 0.15) is 17.7 Å². The average Bonchev–Trinajstić information content (AvgIpc) is 3.01. The molecule has 1 aliphatic heterocycles. The summed E-state index contributed by atoms with van der Waals surface area (Å²) in [5.74, 6) is 1.34. The maximum Gasteiger partial charge on any atom is 0.522 e. The molecule has 0 N–H and O–H groups in total. The maximum absolute atomic E-state index is 12.3. The summed E-state index contributed by atoms with van der Waals surface area (Å²) in [6, 6.07) is 5.17. The largest absolute Gasteiger partial charge is 0.522 e. The molecular formula is C18H18Cl2F3N3O2. The molecule has 0 radical (unpaired) electrons. The number of fused-ring (bicyclic) bond motifs is 1. The van der Waals surface area contributed by atoms with Crippen molar-refractivity contribution in [1.29, 1.82) is 0 Å². The molecule has 0 saturated heterocycles. The number of aryl methyl sites for hydroxylation is 1. The maximum atomic E-state index is 12.3. The van der Waals surface area contributed by atoms with Crippen LogP contribution in [0.1, 0.15) is 24.7 Å². The number of hydrogen-bond acceptors (Lipinski definition) is 5. The number of rotatable bonds is 6. The van der Waals surface area contributed by atoms with Crippen LogP contribution in [0.2, 0.25) is 10.0 Å². The molecule has 152 valence electrons. The molecule has 2 aromatic rings. The summed E-state index contributed by atoms with van der Waals surface area (Å²) >= 11 is 12.3. The highest BCUT2D eigenvalue weighted by Gasteiger charge is 2.32. The predicted molar refractivity (Wildman–Crippen MR) is 101 cm³/mol. The second-order valence-corrected chi connectivity index (χ2v) is 7.12. The van der Waals surface area contributed by atoms with Crippen LogP contribution < -0.4 is 9.64 Å². The number of halogens is 5. The molecule has 1 unspecified atom stereocenters. The van der Waals surface area contributed by atoms with Crippen LogP contribution in [0.3, 0.4) is 0 Å². The van der Waals surface area contributed by atoms with Crippen molar-refractivity contribution in [2.45, 2.75) is 39.2 Å². The third kappa shape index (κ3) is 4.79. The van der Waals surface area contributed by atoms with Gasteiger partial charge in [-0.2, -0.15) is 4.98 Å². The van der Waals surface area contributed by atoms with E-state index >= 15 is 0 Å². The molecule has 5 nitrogen and oxygen atoms in total. The third-order valence-electron chi connectivity index (χ3n) is 4.27. The van der Waals surface area contributed by atoms with Crippen LogP contribution in [-0.4, -0.2) is 35.6 Å². The molecular weight excluding hydrogens is 418 g/mol. The van der Waals surface area contributed by atoms with Crippen LogP contribution in [0.5, 0.6) is 5.88 Å². The molecule has 0 spiro atoms. The van der Waals surface area contributed by atoms with Gasteiger partial charge in [-0.1, -0.05) is 30.1 Å². The molecule has 1 aliphatic rings. The number of nitrogens with zero attached hydrogens (tertiary/aromatic N) is 3. The van der Waals surface area contributed by atoms with E-state index in [9.17, 15) is 13.2 Å². The van der Waals surface area contributed by atoms with Crippen LogP contribution in [0.25, 0.3) is 0 Å². The fourth-order valence-corrected chi connectivity index (χ4v) is 3.45. The van der Waals surface area contributed by atoms with E-state index in [0.29, 0.717) is 41.1 Å². The number of aromatic nitrogens is 2. The molecule has 0 bridgehead atoms. The number of benzene rings is 1. The van der Waals surface area contributed by atoms with Gasteiger partial charge >= 0.3 is 6.36 Å². The van der Waals surface area contributed by atoms with E-state index < -0.39 is 19.1 Å². The van der Waals surface area contributed by atoms with E-state index in [1.54, 1.807) is 32.0 Å². The first-order valence-corrected chi connectivity index (χ1v) is 9.41. The Morgan fingerprint density at radius 3 is 2.64 bits per heavy atom. The molecule has 1 aromatic carbocycles. The minimum Gasteiger partial charge on any atom is -0.472 e. The molecule has 1 atom stereocenters. The fraction of sp³-hybridized carbons (Fsp3) is 0.444. The summed E-state index contributed by atoms with van der Waals surface area (Å²) in [6.07, 6.45) is -4.59. The molecule has 0 amide bonds. The lowest BCUT2D eigenvalue weighted by molar-refractivity contribution is -0.329. The quantitative estimate of drug-likeness (QED) is 0.600. The Morgan fingerprint density at radius 2 is 2.00 bits per heavy atom. The molecule has 0 fully saturated rings. The average molecular weight is 436 g/mol. The van der Waals surface area contributed by atoms with Crippen molar-refractivity contribution in [3.05, 3.63) is 39.6 Å². The van der Waals surface area contributed by atoms with Gasteiger partial charge in [0.05, 0.1) is 22.9 Å². The number of alkyl halides is 3. The van der Waals surface area contributed by atoms with Gasteiger partial charge in [-0.25, -0.2) is 4.98 Å². The van der Waals surface area contributed by atoms with Gasteiger partial charge in [-0.05, 0) is 38.0 Å². The SMILES string of the molecule is CCC(COC(F)(F)F)Oc1nc(C)nc2c1CCN2c1ccc(Cl)cc1Cl. The topological polar surface area (TPSA) is 47.5 Å². The number of anilines is 2. The first-order valence-electron chi connectivity index (χ1n) is 8.65. The van der Waals surface area contributed by atoms with Crippen LogP contribution >= 0.6 is 23.2 Å². The molecule has 3 rings (SSSR count). The van der Waals surface area contributed by atoms with Crippen molar-refractivity contribution in [3.8, 4) is 5.88 Å². The summed E-state index contributed by atoms with van der Waals surface area (Å²) < 4.78 is 46.7. The molecule has 1 aromatic heterocycles. The number of hydrogen-bond donors (Lipinski definition) is 0. The van der Waals surface area contributed by atoms with E-state index in [1.165, 1.54) is 0 Å². The molecule has 2 heterocycles. The smallest absolute Gasteiger partial charge is 0.472 e. The Morgan fingerprint density at radius 1 is 1.25 bits per heavy atom. The van der Waals surface area contributed by atoms with E-state index in [1.807, 2.05) is 4.90 Å². The highest BCUT2D eigenvalue weighted by molar-refractivity contribution is 6.36. The van der Waals surface area contributed by atoms with Gasteiger partial charge in [-0.3, -0.25) is 4.74 Å². The van der Waals surface area contributed by atoms with Crippen LogP contribution in [0, 0.1) is 6.92 Å². The zero-order valence-corrected chi connectivity index (χ0v) is 16.7. The van der Waals surface area contributed by atoms with E-state index in [-0.39, 0.29) is 5.88 Å². The van der Waals surface area contributed by atoms with Crippen molar-refractivity contribution in [2.75, 3.05) is 18.1 Å².